The molecule has 0 saturated heterocycles. The molecular formula is C18H13NO3S. The van der Waals surface area contributed by atoms with Crippen LogP contribution < -0.4 is 0 Å². The first-order chi connectivity index (χ1) is 11.1. The van der Waals surface area contributed by atoms with Gasteiger partial charge in [-0.25, -0.2) is 12.7 Å². The van der Waals surface area contributed by atoms with Gasteiger partial charge in [-0.05, 0) is 28.5 Å². The minimum absolute atomic E-state index is 0.0389. The van der Waals surface area contributed by atoms with Gasteiger partial charge in [0.05, 0.1) is 12.1 Å². The second-order valence-electron chi connectivity index (χ2n) is 5.45. The Morgan fingerprint density at radius 2 is 1.52 bits per heavy atom. The Morgan fingerprint density at radius 3 is 2.35 bits per heavy atom. The second-order valence-corrected chi connectivity index (χ2v) is 7.28. The van der Waals surface area contributed by atoms with E-state index in [0.717, 1.165) is 20.6 Å². The average molecular weight is 323 g/mol. The van der Waals surface area contributed by atoms with Gasteiger partial charge in [0.2, 0.25) is 0 Å². The van der Waals surface area contributed by atoms with Crippen LogP contribution in [-0.4, -0.2) is 18.6 Å². The van der Waals surface area contributed by atoms with Gasteiger partial charge in [-0.15, -0.1) is 0 Å². The van der Waals surface area contributed by atoms with E-state index in [9.17, 15) is 13.2 Å². The van der Waals surface area contributed by atoms with Crippen LogP contribution in [0.3, 0.4) is 0 Å². The van der Waals surface area contributed by atoms with Crippen molar-refractivity contribution in [2.24, 2.45) is 0 Å². The highest BCUT2D eigenvalue weighted by Crippen LogP contribution is 2.32. The summed E-state index contributed by atoms with van der Waals surface area (Å²) in [5.74, 6) is -0.464. The number of hydrogen-bond donors (Lipinski definition) is 0. The van der Waals surface area contributed by atoms with Gasteiger partial charge in [-0.1, -0.05) is 54.6 Å². The molecule has 0 saturated carbocycles. The number of carbonyl (C=O) groups is 1. The molecule has 4 rings (SSSR count). The van der Waals surface area contributed by atoms with Crippen molar-refractivity contribution in [3.63, 3.8) is 0 Å². The van der Waals surface area contributed by atoms with Crippen molar-refractivity contribution < 1.29 is 13.2 Å². The van der Waals surface area contributed by atoms with Crippen molar-refractivity contribution in [2.75, 3.05) is 0 Å². The highest BCUT2D eigenvalue weighted by atomic mass is 32.2. The summed E-state index contributed by atoms with van der Waals surface area (Å²) in [5, 5.41) is 1.97. The zero-order valence-corrected chi connectivity index (χ0v) is 13.0. The van der Waals surface area contributed by atoms with Crippen LogP contribution in [-0.2, 0) is 16.6 Å². The first kappa shape index (κ1) is 14.0. The van der Waals surface area contributed by atoms with E-state index in [4.69, 9.17) is 0 Å². The Labute approximate surface area is 134 Å². The van der Waals surface area contributed by atoms with Crippen LogP contribution in [0.25, 0.3) is 10.8 Å². The summed E-state index contributed by atoms with van der Waals surface area (Å²) in [5.41, 5.74) is 1.06. The highest BCUT2D eigenvalue weighted by molar-refractivity contribution is 7.90. The molecule has 4 nitrogen and oxygen atoms in total. The monoisotopic (exact) mass is 323 g/mol. The van der Waals surface area contributed by atoms with Crippen molar-refractivity contribution in [3.8, 4) is 0 Å². The first-order valence-electron chi connectivity index (χ1n) is 7.22. The van der Waals surface area contributed by atoms with Gasteiger partial charge in [0.25, 0.3) is 15.9 Å². The van der Waals surface area contributed by atoms with Crippen LogP contribution in [0.15, 0.2) is 71.6 Å². The summed E-state index contributed by atoms with van der Waals surface area (Å²) < 4.78 is 26.2. The fourth-order valence-electron chi connectivity index (χ4n) is 2.97. The van der Waals surface area contributed by atoms with Crippen LogP contribution in [0.2, 0.25) is 0 Å². The van der Waals surface area contributed by atoms with Crippen molar-refractivity contribution in [3.05, 3.63) is 77.9 Å². The Morgan fingerprint density at radius 1 is 0.826 bits per heavy atom. The molecule has 1 amide bonds. The summed E-state index contributed by atoms with van der Waals surface area (Å²) in [4.78, 5) is 12.6. The number of carbonyl (C=O) groups excluding carboxylic acids is 1. The van der Waals surface area contributed by atoms with Crippen LogP contribution in [0.4, 0.5) is 0 Å². The molecule has 114 valence electrons. The van der Waals surface area contributed by atoms with Crippen molar-refractivity contribution in [2.45, 2.75) is 11.4 Å². The fourth-order valence-corrected chi connectivity index (χ4v) is 4.52. The minimum Gasteiger partial charge on any atom is -0.268 e. The largest absolute Gasteiger partial charge is 0.269 e. The number of hydrogen-bond acceptors (Lipinski definition) is 3. The molecule has 23 heavy (non-hydrogen) atoms. The molecule has 1 aliphatic rings. The summed E-state index contributed by atoms with van der Waals surface area (Å²) in [7, 11) is -3.78. The van der Waals surface area contributed by atoms with Crippen LogP contribution in [0.1, 0.15) is 15.9 Å². The first-order valence-corrected chi connectivity index (χ1v) is 8.66. The van der Waals surface area contributed by atoms with E-state index >= 15 is 0 Å². The predicted octanol–water partition coefficient (Wildman–Crippen LogP) is 3.18. The molecule has 0 fully saturated rings. The Hall–Kier alpha value is -2.66. The Balaban J connectivity index is 1.82. The van der Waals surface area contributed by atoms with E-state index < -0.39 is 15.9 Å². The van der Waals surface area contributed by atoms with E-state index in [0.29, 0.717) is 0 Å². The molecule has 0 N–H and O–H groups in total. The molecule has 3 aromatic carbocycles. The SMILES string of the molecule is O=C1c2ccccc2S(=O)(=O)N1Cc1cccc2ccccc12. The number of benzene rings is 3. The maximum absolute atomic E-state index is 12.6. The Bertz CT molecular complexity index is 1040. The van der Waals surface area contributed by atoms with E-state index in [-0.39, 0.29) is 17.0 Å². The van der Waals surface area contributed by atoms with Gasteiger partial charge < -0.3 is 0 Å². The maximum atomic E-state index is 12.6. The third kappa shape index (κ3) is 2.04. The Kier molecular flexibility index (Phi) is 2.99. The van der Waals surface area contributed by atoms with E-state index in [1.807, 2.05) is 42.5 Å². The second kappa shape index (κ2) is 4.93. The number of sulfonamides is 1. The van der Waals surface area contributed by atoms with E-state index in [1.54, 1.807) is 18.2 Å². The fraction of sp³-hybridized carbons (Fsp3) is 0.0556. The highest BCUT2D eigenvalue weighted by Gasteiger charge is 2.40. The molecule has 3 aromatic rings. The van der Waals surface area contributed by atoms with Gasteiger partial charge in [-0.2, -0.15) is 0 Å². The number of nitrogens with zero attached hydrogens (tertiary/aromatic N) is 1. The maximum Gasteiger partial charge on any atom is 0.269 e. The predicted molar refractivity (Wildman–Crippen MR) is 87.4 cm³/mol. The van der Waals surface area contributed by atoms with Gasteiger partial charge >= 0.3 is 0 Å². The smallest absolute Gasteiger partial charge is 0.268 e. The lowest BCUT2D eigenvalue weighted by Gasteiger charge is -2.16. The van der Waals surface area contributed by atoms with Crippen LogP contribution in [0, 0.1) is 0 Å². The quantitative estimate of drug-likeness (QED) is 0.728. The standard InChI is InChI=1S/C18H13NO3S/c20-18-16-10-3-4-11-17(16)23(21,22)19(18)12-14-8-5-7-13-6-1-2-9-15(13)14/h1-11H,12H2. The number of rotatable bonds is 2. The molecule has 0 spiro atoms. The van der Waals surface area contributed by atoms with Gasteiger partial charge in [0, 0.05) is 0 Å². The molecule has 0 unspecified atom stereocenters. The zero-order valence-electron chi connectivity index (χ0n) is 12.1. The average Bonchev–Trinajstić information content (AvgIpc) is 2.77. The topological polar surface area (TPSA) is 54.5 Å². The number of amides is 1. The molecule has 0 bridgehead atoms. The summed E-state index contributed by atoms with van der Waals surface area (Å²) >= 11 is 0. The lowest BCUT2D eigenvalue weighted by molar-refractivity contribution is 0.0865. The van der Waals surface area contributed by atoms with Gasteiger partial charge in [0.15, 0.2) is 0 Å². The zero-order chi connectivity index (χ0) is 16.0. The summed E-state index contributed by atoms with van der Waals surface area (Å²) in [6.07, 6.45) is 0. The van der Waals surface area contributed by atoms with Gasteiger partial charge in [0.1, 0.15) is 4.90 Å². The van der Waals surface area contributed by atoms with E-state index in [2.05, 4.69) is 0 Å². The van der Waals surface area contributed by atoms with Gasteiger partial charge in [-0.3, -0.25) is 4.79 Å². The third-order valence-electron chi connectivity index (χ3n) is 4.11. The third-order valence-corrected chi connectivity index (χ3v) is 5.89. The summed E-state index contributed by atoms with van der Waals surface area (Å²) in [6.45, 7) is 0.0389. The molecule has 1 heterocycles. The van der Waals surface area contributed by atoms with Crippen LogP contribution >= 0.6 is 0 Å². The normalized spacial score (nSPS) is 15.8. The van der Waals surface area contributed by atoms with Crippen LogP contribution in [0.5, 0.6) is 0 Å². The molecule has 0 radical (unpaired) electrons. The lowest BCUT2D eigenvalue weighted by atomic mass is 10.0. The summed E-state index contributed by atoms with van der Waals surface area (Å²) in [6, 6.07) is 19.8. The van der Waals surface area contributed by atoms with Crippen molar-refractivity contribution in [1.82, 2.24) is 4.31 Å². The molecule has 5 heteroatoms. The van der Waals surface area contributed by atoms with Crippen molar-refractivity contribution in [1.29, 1.82) is 0 Å². The molecular weight excluding hydrogens is 310 g/mol. The van der Waals surface area contributed by atoms with Crippen molar-refractivity contribution >= 4 is 26.7 Å². The minimum atomic E-state index is -3.78. The lowest BCUT2D eigenvalue weighted by Crippen LogP contribution is -2.29. The number of fused-ring (bicyclic) bond motifs is 2. The van der Waals surface area contributed by atoms with E-state index in [1.165, 1.54) is 6.07 Å². The molecule has 1 aliphatic heterocycles. The molecule has 0 aromatic heterocycles. The molecule has 0 atom stereocenters. The molecule has 0 aliphatic carbocycles.